The van der Waals surface area contributed by atoms with E-state index in [0.717, 1.165) is 18.2 Å². The van der Waals surface area contributed by atoms with E-state index in [1.165, 1.54) is 9.21 Å². The molecular formula is C24H30Cl3N3O4S. The zero-order chi connectivity index (χ0) is 26.2. The molecule has 11 heteroatoms. The van der Waals surface area contributed by atoms with E-state index < -0.39 is 16.1 Å². The molecule has 0 radical (unpaired) electrons. The van der Waals surface area contributed by atoms with Crippen LogP contribution < -0.4 is 9.62 Å². The number of benzene rings is 2. The van der Waals surface area contributed by atoms with Crippen molar-refractivity contribution >= 4 is 62.3 Å². The van der Waals surface area contributed by atoms with Crippen LogP contribution in [0.15, 0.2) is 42.5 Å². The third-order valence-corrected chi connectivity index (χ3v) is 7.51. The number of nitrogens with zero attached hydrogens (tertiary/aromatic N) is 2. The molecule has 2 rings (SSSR count). The standard InChI is InChI=1S/C24H30Cl3N3O4S/c1-4-13-28-24(32)17(2)29(16-18-7-12-21(26)22(27)15-18)23(31)6-5-14-30(35(3,33)34)20-10-8-19(25)9-11-20/h7-12,15,17H,4-6,13-14,16H2,1-3H3,(H,28,32)/t17-/m0/s1. The van der Waals surface area contributed by atoms with Crippen molar-refractivity contribution in [3.05, 3.63) is 63.1 Å². The summed E-state index contributed by atoms with van der Waals surface area (Å²) in [6, 6.07) is 10.8. The van der Waals surface area contributed by atoms with Gasteiger partial charge in [-0.15, -0.1) is 0 Å². The molecule has 1 atom stereocenters. The van der Waals surface area contributed by atoms with E-state index in [9.17, 15) is 18.0 Å². The van der Waals surface area contributed by atoms with Crippen molar-refractivity contribution in [3.8, 4) is 0 Å². The second-order valence-corrected chi connectivity index (χ2v) is 11.3. The Balaban J connectivity index is 2.17. The number of sulfonamides is 1. The molecule has 2 amide bonds. The average Bonchev–Trinajstić information content (AvgIpc) is 2.80. The van der Waals surface area contributed by atoms with Gasteiger partial charge in [0.1, 0.15) is 6.04 Å². The highest BCUT2D eigenvalue weighted by molar-refractivity contribution is 7.92. The lowest BCUT2D eigenvalue weighted by Gasteiger charge is -2.29. The van der Waals surface area contributed by atoms with Crippen LogP contribution in [0.4, 0.5) is 5.69 Å². The van der Waals surface area contributed by atoms with Gasteiger partial charge in [-0.25, -0.2) is 8.42 Å². The Kier molecular flexibility index (Phi) is 11.1. The highest BCUT2D eigenvalue weighted by Crippen LogP contribution is 2.25. The van der Waals surface area contributed by atoms with Crippen LogP contribution in [-0.2, 0) is 26.2 Å². The van der Waals surface area contributed by atoms with E-state index in [0.29, 0.717) is 27.3 Å². The first-order valence-corrected chi connectivity index (χ1v) is 14.2. The van der Waals surface area contributed by atoms with Crippen LogP contribution in [0, 0.1) is 0 Å². The van der Waals surface area contributed by atoms with Crippen molar-refractivity contribution in [1.29, 1.82) is 0 Å². The monoisotopic (exact) mass is 561 g/mol. The third-order valence-electron chi connectivity index (χ3n) is 5.32. The quantitative estimate of drug-likeness (QED) is 0.388. The first-order chi connectivity index (χ1) is 16.4. The van der Waals surface area contributed by atoms with Crippen LogP contribution in [0.2, 0.25) is 15.1 Å². The molecule has 0 spiro atoms. The first kappa shape index (κ1) is 29.2. The Morgan fingerprint density at radius 1 is 1.03 bits per heavy atom. The molecular weight excluding hydrogens is 533 g/mol. The average molecular weight is 563 g/mol. The fraction of sp³-hybridized carbons (Fsp3) is 0.417. The lowest BCUT2D eigenvalue weighted by atomic mass is 10.1. The molecule has 0 unspecified atom stereocenters. The summed E-state index contributed by atoms with van der Waals surface area (Å²) in [5.74, 6) is -0.543. The van der Waals surface area contributed by atoms with Gasteiger partial charge in [0.25, 0.3) is 0 Å². The Morgan fingerprint density at radius 2 is 1.69 bits per heavy atom. The molecule has 0 aliphatic heterocycles. The summed E-state index contributed by atoms with van der Waals surface area (Å²) in [6.07, 6.45) is 2.19. The largest absolute Gasteiger partial charge is 0.354 e. The van der Waals surface area contributed by atoms with Crippen molar-refractivity contribution in [2.45, 2.75) is 45.7 Å². The molecule has 0 aliphatic carbocycles. The molecule has 0 saturated heterocycles. The van der Waals surface area contributed by atoms with Crippen molar-refractivity contribution in [2.75, 3.05) is 23.7 Å². The van der Waals surface area contributed by atoms with E-state index >= 15 is 0 Å². The minimum atomic E-state index is -3.57. The summed E-state index contributed by atoms with van der Waals surface area (Å²) in [7, 11) is -3.57. The van der Waals surface area contributed by atoms with Crippen LogP contribution in [-0.4, -0.2) is 50.5 Å². The normalized spacial score (nSPS) is 12.2. The van der Waals surface area contributed by atoms with Crippen LogP contribution in [0.3, 0.4) is 0 Å². The van der Waals surface area contributed by atoms with Crippen molar-refractivity contribution < 1.29 is 18.0 Å². The molecule has 0 saturated carbocycles. The van der Waals surface area contributed by atoms with Crippen molar-refractivity contribution in [1.82, 2.24) is 10.2 Å². The van der Waals surface area contributed by atoms with E-state index in [4.69, 9.17) is 34.8 Å². The lowest BCUT2D eigenvalue weighted by Crippen LogP contribution is -2.47. The molecule has 0 aliphatic rings. The maximum atomic E-state index is 13.2. The topological polar surface area (TPSA) is 86.8 Å². The maximum absolute atomic E-state index is 13.2. The highest BCUT2D eigenvalue weighted by atomic mass is 35.5. The Labute approximate surface area is 222 Å². The van der Waals surface area contributed by atoms with Crippen LogP contribution in [0.5, 0.6) is 0 Å². The molecule has 192 valence electrons. The number of halogens is 3. The Bertz CT molecular complexity index is 1130. The number of anilines is 1. The minimum Gasteiger partial charge on any atom is -0.354 e. The Hall–Kier alpha value is -2.00. The van der Waals surface area contributed by atoms with E-state index in [2.05, 4.69) is 5.32 Å². The van der Waals surface area contributed by atoms with Crippen LogP contribution in [0.25, 0.3) is 0 Å². The summed E-state index contributed by atoms with van der Waals surface area (Å²) < 4.78 is 25.9. The van der Waals surface area contributed by atoms with Gasteiger partial charge in [0.05, 0.1) is 22.0 Å². The number of amides is 2. The van der Waals surface area contributed by atoms with Gasteiger partial charge < -0.3 is 10.2 Å². The van der Waals surface area contributed by atoms with Crippen LogP contribution in [0.1, 0.15) is 38.7 Å². The summed E-state index contributed by atoms with van der Waals surface area (Å²) >= 11 is 18.1. The van der Waals surface area contributed by atoms with Crippen molar-refractivity contribution in [3.63, 3.8) is 0 Å². The van der Waals surface area contributed by atoms with Gasteiger partial charge in [0.15, 0.2) is 0 Å². The Morgan fingerprint density at radius 3 is 2.26 bits per heavy atom. The number of carbonyl (C=O) groups is 2. The zero-order valence-corrected chi connectivity index (χ0v) is 23.0. The van der Waals surface area contributed by atoms with Gasteiger partial charge in [-0.2, -0.15) is 0 Å². The van der Waals surface area contributed by atoms with Gasteiger partial charge in [-0.1, -0.05) is 47.8 Å². The second kappa shape index (κ2) is 13.3. The van der Waals surface area contributed by atoms with Crippen molar-refractivity contribution in [2.24, 2.45) is 0 Å². The van der Waals surface area contributed by atoms with Gasteiger partial charge >= 0.3 is 0 Å². The fourth-order valence-corrected chi connectivity index (χ4v) is 4.84. The van der Waals surface area contributed by atoms with Gasteiger partial charge in [0.2, 0.25) is 21.8 Å². The number of hydrogen-bond donors (Lipinski definition) is 1. The van der Waals surface area contributed by atoms with E-state index in [-0.39, 0.29) is 37.7 Å². The number of rotatable bonds is 12. The molecule has 7 nitrogen and oxygen atoms in total. The van der Waals surface area contributed by atoms with E-state index in [1.54, 1.807) is 49.4 Å². The zero-order valence-electron chi connectivity index (χ0n) is 19.9. The molecule has 0 fully saturated rings. The molecule has 35 heavy (non-hydrogen) atoms. The molecule has 0 bridgehead atoms. The summed E-state index contributed by atoms with van der Waals surface area (Å²) in [6.45, 7) is 4.36. The minimum absolute atomic E-state index is 0.0479. The molecule has 1 N–H and O–H groups in total. The fourth-order valence-electron chi connectivity index (χ4n) is 3.42. The molecule has 0 heterocycles. The smallest absolute Gasteiger partial charge is 0.242 e. The summed E-state index contributed by atoms with van der Waals surface area (Å²) in [4.78, 5) is 27.3. The maximum Gasteiger partial charge on any atom is 0.242 e. The van der Waals surface area contributed by atoms with Gasteiger partial charge in [-0.05, 0) is 61.7 Å². The highest BCUT2D eigenvalue weighted by Gasteiger charge is 2.26. The van der Waals surface area contributed by atoms with Gasteiger partial charge in [0, 0.05) is 31.1 Å². The molecule has 0 aromatic heterocycles. The van der Waals surface area contributed by atoms with Crippen LogP contribution >= 0.6 is 34.8 Å². The lowest BCUT2D eigenvalue weighted by molar-refractivity contribution is -0.140. The number of hydrogen-bond acceptors (Lipinski definition) is 4. The number of carbonyl (C=O) groups excluding carboxylic acids is 2. The third kappa shape index (κ3) is 8.86. The first-order valence-electron chi connectivity index (χ1n) is 11.2. The summed E-state index contributed by atoms with van der Waals surface area (Å²) in [5.41, 5.74) is 1.19. The SMILES string of the molecule is CCCNC(=O)[C@H](C)N(Cc1ccc(Cl)c(Cl)c1)C(=O)CCCN(c1ccc(Cl)cc1)S(C)(=O)=O. The molecule has 2 aromatic rings. The van der Waals surface area contributed by atoms with E-state index in [1.807, 2.05) is 6.92 Å². The second-order valence-electron chi connectivity index (χ2n) is 8.15. The summed E-state index contributed by atoms with van der Waals surface area (Å²) in [5, 5.41) is 4.05. The number of nitrogens with one attached hydrogen (secondary N) is 1. The van der Waals surface area contributed by atoms with Gasteiger partial charge in [-0.3, -0.25) is 13.9 Å². The predicted molar refractivity (Wildman–Crippen MR) is 143 cm³/mol. The predicted octanol–water partition coefficient (Wildman–Crippen LogP) is 5.14. The molecule has 2 aromatic carbocycles.